The lowest BCUT2D eigenvalue weighted by Crippen LogP contribution is -2.30. The van der Waals surface area contributed by atoms with Crippen molar-refractivity contribution in [2.24, 2.45) is 0 Å². The number of hydrogen-bond acceptors (Lipinski definition) is 7. The number of nitro benzene ring substituents is 1. The van der Waals surface area contributed by atoms with Crippen molar-refractivity contribution in [3.63, 3.8) is 0 Å². The summed E-state index contributed by atoms with van der Waals surface area (Å²) in [4.78, 5) is 35.1. The van der Waals surface area contributed by atoms with Crippen LogP contribution in [0.3, 0.4) is 0 Å². The van der Waals surface area contributed by atoms with Crippen LogP contribution in [-0.2, 0) is 14.3 Å². The monoisotopic (exact) mass is 409 g/mol. The van der Waals surface area contributed by atoms with Crippen LogP contribution in [0.5, 0.6) is 5.75 Å². The number of nitrogens with zero attached hydrogens (tertiary/aromatic N) is 2. The fourth-order valence-electron chi connectivity index (χ4n) is 2.37. The van der Waals surface area contributed by atoms with Gasteiger partial charge >= 0.3 is 5.97 Å². The van der Waals surface area contributed by atoms with Crippen LogP contribution in [0.4, 0.5) is 11.4 Å². The molecule has 0 radical (unpaired) electrons. The Labute approximate surface area is 172 Å². The third-order valence-corrected chi connectivity index (χ3v) is 4.04. The molecule has 0 saturated heterocycles. The minimum Gasteiger partial charge on any atom is -0.496 e. The predicted octanol–water partition coefficient (Wildman–Crippen LogP) is 3.39. The molecule has 30 heavy (non-hydrogen) atoms. The zero-order chi connectivity index (χ0) is 22.3. The van der Waals surface area contributed by atoms with Crippen molar-refractivity contribution < 1.29 is 24.0 Å². The number of nitrogens with one attached hydrogen (secondary N) is 1. The lowest BCUT2D eigenvalue weighted by atomic mass is 10.1. The van der Waals surface area contributed by atoms with Gasteiger partial charge in [0.1, 0.15) is 23.1 Å². The molecule has 2 aromatic carbocycles. The smallest absolute Gasteiger partial charge is 0.349 e. The fraction of sp³-hybridized carbons (Fsp3) is 0.190. The molecule has 1 amide bonds. The summed E-state index contributed by atoms with van der Waals surface area (Å²) in [6.45, 7) is 3.20. The van der Waals surface area contributed by atoms with Crippen LogP contribution >= 0.6 is 0 Å². The van der Waals surface area contributed by atoms with Gasteiger partial charge in [0.15, 0.2) is 6.10 Å². The molecule has 0 aliphatic heterocycles. The van der Waals surface area contributed by atoms with Gasteiger partial charge < -0.3 is 14.8 Å². The Hall–Kier alpha value is -4.19. The molecule has 0 aliphatic rings. The van der Waals surface area contributed by atoms with Gasteiger partial charge in [-0.05, 0) is 37.6 Å². The van der Waals surface area contributed by atoms with Crippen molar-refractivity contribution in [1.82, 2.24) is 0 Å². The second-order valence-corrected chi connectivity index (χ2v) is 6.26. The molecule has 9 heteroatoms. The molecule has 0 fully saturated rings. The van der Waals surface area contributed by atoms with E-state index in [1.165, 1.54) is 32.2 Å². The number of benzene rings is 2. The van der Waals surface area contributed by atoms with Gasteiger partial charge in [-0.3, -0.25) is 14.9 Å². The summed E-state index contributed by atoms with van der Waals surface area (Å²) in [5.74, 6) is -1.52. The van der Waals surface area contributed by atoms with Gasteiger partial charge in [0, 0.05) is 0 Å². The first-order chi connectivity index (χ1) is 14.2. The molecule has 0 heterocycles. The van der Waals surface area contributed by atoms with E-state index in [1.54, 1.807) is 18.2 Å². The second kappa shape index (κ2) is 9.84. The number of ether oxygens (including phenoxy) is 2. The van der Waals surface area contributed by atoms with Gasteiger partial charge in [-0.1, -0.05) is 29.8 Å². The molecule has 0 spiro atoms. The van der Waals surface area contributed by atoms with Crippen LogP contribution in [0.25, 0.3) is 6.08 Å². The van der Waals surface area contributed by atoms with Gasteiger partial charge in [-0.2, -0.15) is 5.26 Å². The van der Waals surface area contributed by atoms with Crippen molar-refractivity contribution in [3.05, 3.63) is 69.3 Å². The van der Waals surface area contributed by atoms with E-state index in [4.69, 9.17) is 9.47 Å². The van der Waals surface area contributed by atoms with E-state index in [1.807, 2.05) is 19.1 Å². The van der Waals surface area contributed by atoms with Crippen LogP contribution in [0.2, 0.25) is 0 Å². The summed E-state index contributed by atoms with van der Waals surface area (Å²) in [6, 6.07) is 12.8. The summed E-state index contributed by atoms with van der Waals surface area (Å²) >= 11 is 0. The topological polar surface area (TPSA) is 132 Å². The number of rotatable bonds is 7. The van der Waals surface area contributed by atoms with Crippen LogP contribution in [0.15, 0.2) is 48.0 Å². The normalized spacial score (nSPS) is 11.7. The number of anilines is 1. The molecular weight excluding hydrogens is 390 g/mol. The van der Waals surface area contributed by atoms with E-state index in [2.05, 4.69) is 5.32 Å². The Morgan fingerprint density at radius 3 is 2.47 bits per heavy atom. The van der Waals surface area contributed by atoms with E-state index in [-0.39, 0.29) is 22.7 Å². The quantitative estimate of drug-likeness (QED) is 0.244. The number of carbonyl (C=O) groups excluding carboxylic acids is 2. The third-order valence-electron chi connectivity index (χ3n) is 4.04. The Morgan fingerprint density at radius 1 is 1.23 bits per heavy atom. The largest absolute Gasteiger partial charge is 0.496 e. The van der Waals surface area contributed by atoms with Crippen molar-refractivity contribution in [2.75, 3.05) is 12.4 Å². The lowest BCUT2D eigenvalue weighted by molar-refractivity contribution is -0.384. The maximum absolute atomic E-state index is 12.3. The first-order valence-corrected chi connectivity index (χ1v) is 8.78. The summed E-state index contributed by atoms with van der Waals surface area (Å²) in [5.41, 5.74) is 0.905. The second-order valence-electron chi connectivity index (χ2n) is 6.26. The van der Waals surface area contributed by atoms with Crippen LogP contribution < -0.4 is 10.1 Å². The number of amides is 1. The number of aryl methyl sites for hydroxylation is 1. The Balaban J connectivity index is 2.11. The first-order valence-electron chi connectivity index (χ1n) is 8.78. The average molecular weight is 409 g/mol. The molecule has 154 valence electrons. The Morgan fingerprint density at radius 2 is 1.90 bits per heavy atom. The highest BCUT2D eigenvalue weighted by Gasteiger charge is 2.24. The molecule has 2 aromatic rings. The lowest BCUT2D eigenvalue weighted by Gasteiger charge is -2.13. The van der Waals surface area contributed by atoms with Crippen LogP contribution in [-0.4, -0.2) is 30.0 Å². The van der Waals surface area contributed by atoms with E-state index >= 15 is 0 Å². The third kappa shape index (κ3) is 5.65. The summed E-state index contributed by atoms with van der Waals surface area (Å²) in [5, 5.41) is 22.8. The molecule has 0 saturated carbocycles. The first kappa shape index (κ1) is 22.1. The molecule has 0 bridgehead atoms. The zero-order valence-electron chi connectivity index (χ0n) is 16.5. The van der Waals surface area contributed by atoms with Crippen LogP contribution in [0, 0.1) is 28.4 Å². The molecule has 0 aromatic heterocycles. The molecule has 9 nitrogen and oxygen atoms in total. The highest BCUT2D eigenvalue weighted by molar-refractivity contribution is 6.01. The Bertz CT molecular complexity index is 1040. The van der Waals surface area contributed by atoms with Crippen molar-refractivity contribution in [2.45, 2.75) is 20.0 Å². The van der Waals surface area contributed by atoms with E-state index in [0.29, 0.717) is 5.56 Å². The highest BCUT2D eigenvalue weighted by atomic mass is 16.6. The number of esters is 1. The van der Waals surface area contributed by atoms with Gasteiger partial charge in [0.2, 0.25) is 0 Å². The van der Waals surface area contributed by atoms with Gasteiger partial charge in [-0.15, -0.1) is 0 Å². The van der Waals surface area contributed by atoms with Crippen molar-refractivity contribution >= 4 is 29.3 Å². The minimum absolute atomic E-state index is 0.0793. The Kier molecular flexibility index (Phi) is 7.25. The maximum Gasteiger partial charge on any atom is 0.349 e. The molecule has 0 aliphatic carbocycles. The number of hydrogen-bond donors (Lipinski definition) is 1. The predicted molar refractivity (Wildman–Crippen MR) is 109 cm³/mol. The summed E-state index contributed by atoms with van der Waals surface area (Å²) in [6.07, 6.45) is 0.0507. The molecular formula is C21H19N3O6. The molecule has 2 rings (SSSR count). The number of carbonyl (C=O) groups is 2. The van der Waals surface area contributed by atoms with Crippen LogP contribution in [0.1, 0.15) is 18.1 Å². The van der Waals surface area contributed by atoms with Gasteiger partial charge in [0.05, 0.1) is 18.1 Å². The summed E-state index contributed by atoms with van der Waals surface area (Å²) in [7, 11) is 1.36. The molecule has 1 atom stereocenters. The number of methoxy groups -OCH3 is 1. The maximum atomic E-state index is 12.3. The minimum atomic E-state index is -1.30. The van der Waals surface area contributed by atoms with E-state index in [0.717, 1.165) is 11.6 Å². The number of nitro groups is 1. The summed E-state index contributed by atoms with van der Waals surface area (Å²) < 4.78 is 9.98. The van der Waals surface area contributed by atoms with Gasteiger partial charge in [0.25, 0.3) is 11.6 Å². The molecule has 0 unspecified atom stereocenters. The van der Waals surface area contributed by atoms with E-state index in [9.17, 15) is 25.0 Å². The molecule has 1 N–H and O–H groups in total. The average Bonchev–Trinajstić information content (AvgIpc) is 2.73. The highest BCUT2D eigenvalue weighted by Crippen LogP contribution is 2.29. The SMILES string of the molecule is COc1ccc(NC(=O)[C@@H](C)OC(=O)/C(C#N)=C/c2ccc(C)cc2)c([N+](=O)[O-])c1. The van der Waals surface area contributed by atoms with Crippen molar-refractivity contribution in [3.8, 4) is 11.8 Å². The van der Waals surface area contributed by atoms with E-state index < -0.39 is 22.9 Å². The standard InChI is InChI=1S/C21H19N3O6/c1-13-4-6-15(7-5-13)10-16(12-22)21(26)30-14(2)20(25)23-18-9-8-17(29-3)11-19(18)24(27)28/h4-11,14H,1-3H3,(H,23,25)/b16-10+/t14-/m1/s1. The van der Waals surface area contributed by atoms with Crippen molar-refractivity contribution in [1.29, 1.82) is 5.26 Å². The zero-order valence-corrected chi connectivity index (χ0v) is 16.5. The fourth-order valence-corrected chi connectivity index (χ4v) is 2.37. The van der Waals surface area contributed by atoms with Gasteiger partial charge in [-0.25, -0.2) is 4.79 Å². The number of nitriles is 1.